The molecular formula is C20H22N2O2S. The minimum absolute atomic E-state index is 0.0250. The highest BCUT2D eigenvalue weighted by Crippen LogP contribution is 2.13. The smallest absolute Gasteiger partial charge is 0.230 e. The fourth-order valence-corrected chi connectivity index (χ4v) is 2.98. The van der Waals surface area contributed by atoms with Gasteiger partial charge in [0.25, 0.3) is 0 Å². The summed E-state index contributed by atoms with van der Waals surface area (Å²) < 4.78 is 5.36. The van der Waals surface area contributed by atoms with Gasteiger partial charge in [0.15, 0.2) is 0 Å². The highest BCUT2D eigenvalue weighted by atomic mass is 32.2. The number of hydrogen-bond donors (Lipinski definition) is 1. The van der Waals surface area contributed by atoms with Crippen LogP contribution >= 0.6 is 11.8 Å². The summed E-state index contributed by atoms with van der Waals surface area (Å²) in [6.07, 6.45) is 0. The van der Waals surface area contributed by atoms with E-state index >= 15 is 0 Å². The zero-order chi connectivity index (χ0) is 17.9. The molecule has 0 aliphatic rings. The third-order valence-corrected chi connectivity index (χ3v) is 4.57. The first-order valence-corrected chi connectivity index (χ1v) is 9.35. The van der Waals surface area contributed by atoms with Gasteiger partial charge in [0, 0.05) is 18.9 Å². The molecule has 0 aliphatic heterocycles. The van der Waals surface area contributed by atoms with Crippen molar-refractivity contribution in [3.05, 3.63) is 70.8 Å². The van der Waals surface area contributed by atoms with Crippen LogP contribution in [0, 0.1) is 11.3 Å². The molecule has 1 amide bonds. The molecule has 0 unspecified atom stereocenters. The lowest BCUT2D eigenvalue weighted by molar-refractivity contribution is -0.118. The normalized spacial score (nSPS) is 10.2. The molecule has 130 valence electrons. The van der Waals surface area contributed by atoms with Crippen LogP contribution in [-0.4, -0.2) is 18.3 Å². The van der Waals surface area contributed by atoms with E-state index in [0.717, 1.165) is 22.4 Å². The van der Waals surface area contributed by atoms with Crippen LogP contribution < -0.4 is 5.32 Å². The molecule has 5 heteroatoms. The summed E-state index contributed by atoms with van der Waals surface area (Å²) in [7, 11) is 0. The predicted molar refractivity (Wildman–Crippen MR) is 101 cm³/mol. The van der Waals surface area contributed by atoms with Crippen molar-refractivity contribution in [1.29, 1.82) is 5.26 Å². The van der Waals surface area contributed by atoms with Crippen LogP contribution in [0.3, 0.4) is 0 Å². The third kappa shape index (κ3) is 7.00. The molecule has 0 aliphatic carbocycles. The molecule has 0 aromatic heterocycles. The summed E-state index contributed by atoms with van der Waals surface area (Å²) in [6.45, 7) is 3.83. The molecule has 2 rings (SSSR count). The molecular weight excluding hydrogens is 332 g/mol. The maximum Gasteiger partial charge on any atom is 0.230 e. The highest BCUT2D eigenvalue weighted by Gasteiger charge is 2.03. The number of carbonyl (C=O) groups is 1. The largest absolute Gasteiger partial charge is 0.377 e. The van der Waals surface area contributed by atoms with Gasteiger partial charge < -0.3 is 10.1 Å². The van der Waals surface area contributed by atoms with E-state index < -0.39 is 0 Å². The van der Waals surface area contributed by atoms with Gasteiger partial charge >= 0.3 is 0 Å². The minimum atomic E-state index is 0.0250. The van der Waals surface area contributed by atoms with Crippen LogP contribution in [0.1, 0.15) is 29.2 Å². The minimum Gasteiger partial charge on any atom is -0.377 e. The molecule has 2 aromatic rings. The van der Waals surface area contributed by atoms with E-state index in [2.05, 4.69) is 11.4 Å². The molecule has 0 saturated heterocycles. The molecule has 0 atom stereocenters. The maximum absolute atomic E-state index is 11.9. The standard InChI is InChI=1S/C20H22N2O2S/c1-2-24-13-18-7-5-17(6-8-18)12-22-20(23)15-25-14-19-9-3-16(11-21)4-10-19/h3-10H,2,12-15H2,1H3,(H,22,23). The van der Waals surface area contributed by atoms with E-state index in [-0.39, 0.29) is 5.91 Å². The highest BCUT2D eigenvalue weighted by molar-refractivity contribution is 7.99. The van der Waals surface area contributed by atoms with Gasteiger partial charge in [-0.05, 0) is 35.7 Å². The predicted octanol–water partition coefficient (Wildman–Crippen LogP) is 3.64. The van der Waals surface area contributed by atoms with E-state index in [4.69, 9.17) is 10.00 Å². The molecule has 2 aromatic carbocycles. The van der Waals surface area contributed by atoms with Gasteiger partial charge in [-0.15, -0.1) is 11.8 Å². The fourth-order valence-electron chi connectivity index (χ4n) is 2.16. The summed E-state index contributed by atoms with van der Waals surface area (Å²) in [5.41, 5.74) is 3.97. The van der Waals surface area contributed by atoms with Crippen LogP contribution in [0.4, 0.5) is 0 Å². The Morgan fingerprint density at radius 3 is 2.36 bits per heavy atom. The topological polar surface area (TPSA) is 62.1 Å². The average Bonchev–Trinajstić information content (AvgIpc) is 2.66. The summed E-state index contributed by atoms with van der Waals surface area (Å²) >= 11 is 1.56. The second kappa shape index (κ2) is 10.5. The number of benzene rings is 2. The molecule has 0 radical (unpaired) electrons. The van der Waals surface area contributed by atoms with E-state index in [1.165, 1.54) is 0 Å². The lowest BCUT2D eigenvalue weighted by Gasteiger charge is -2.07. The van der Waals surface area contributed by atoms with Crippen LogP contribution in [0.25, 0.3) is 0 Å². The Labute approximate surface area is 153 Å². The Kier molecular flexibility index (Phi) is 8.03. The molecule has 25 heavy (non-hydrogen) atoms. The van der Waals surface area contributed by atoms with E-state index in [0.29, 0.717) is 31.1 Å². The molecule has 4 nitrogen and oxygen atoms in total. The van der Waals surface area contributed by atoms with E-state index in [1.807, 2.05) is 43.3 Å². The molecule has 0 bridgehead atoms. The molecule has 0 spiro atoms. The van der Waals surface area contributed by atoms with Crippen LogP contribution in [0.2, 0.25) is 0 Å². The summed E-state index contributed by atoms with van der Waals surface area (Å²) in [5.74, 6) is 1.20. The monoisotopic (exact) mass is 354 g/mol. The van der Waals surface area contributed by atoms with Gasteiger partial charge in [0.1, 0.15) is 0 Å². The Bertz CT molecular complexity index is 706. The number of nitriles is 1. The second-order valence-electron chi connectivity index (χ2n) is 5.53. The van der Waals surface area contributed by atoms with Crippen molar-refractivity contribution in [2.45, 2.75) is 25.8 Å². The maximum atomic E-state index is 11.9. The second-order valence-corrected chi connectivity index (χ2v) is 6.52. The number of hydrogen-bond acceptors (Lipinski definition) is 4. The SMILES string of the molecule is CCOCc1ccc(CNC(=O)CSCc2ccc(C#N)cc2)cc1. The summed E-state index contributed by atoms with van der Waals surface area (Å²) in [4.78, 5) is 11.9. The fraction of sp³-hybridized carbons (Fsp3) is 0.300. The Hall–Kier alpha value is -2.29. The average molecular weight is 354 g/mol. The number of rotatable bonds is 9. The van der Waals surface area contributed by atoms with Gasteiger partial charge in [0.05, 0.1) is 24.0 Å². The summed E-state index contributed by atoms with van der Waals surface area (Å²) in [6, 6.07) is 17.6. The number of carbonyl (C=O) groups excluding carboxylic acids is 1. The van der Waals surface area contributed by atoms with Crippen molar-refractivity contribution in [2.24, 2.45) is 0 Å². The van der Waals surface area contributed by atoms with Crippen molar-refractivity contribution >= 4 is 17.7 Å². The lowest BCUT2D eigenvalue weighted by atomic mass is 10.1. The number of nitrogens with zero attached hydrogens (tertiary/aromatic N) is 1. The summed E-state index contributed by atoms with van der Waals surface area (Å²) in [5, 5.41) is 11.7. The molecule has 1 N–H and O–H groups in total. The zero-order valence-electron chi connectivity index (χ0n) is 14.3. The van der Waals surface area contributed by atoms with Crippen molar-refractivity contribution in [3.63, 3.8) is 0 Å². The molecule has 0 heterocycles. The Morgan fingerprint density at radius 1 is 1.08 bits per heavy atom. The Morgan fingerprint density at radius 2 is 1.72 bits per heavy atom. The number of nitrogens with one attached hydrogen (secondary N) is 1. The van der Waals surface area contributed by atoms with Crippen LogP contribution in [-0.2, 0) is 28.4 Å². The van der Waals surface area contributed by atoms with Crippen LogP contribution in [0.5, 0.6) is 0 Å². The van der Waals surface area contributed by atoms with Gasteiger partial charge in [-0.1, -0.05) is 36.4 Å². The van der Waals surface area contributed by atoms with Crippen molar-refractivity contribution in [3.8, 4) is 6.07 Å². The van der Waals surface area contributed by atoms with Crippen molar-refractivity contribution < 1.29 is 9.53 Å². The third-order valence-electron chi connectivity index (χ3n) is 3.57. The van der Waals surface area contributed by atoms with Gasteiger partial charge in [-0.2, -0.15) is 5.26 Å². The number of thioether (sulfide) groups is 1. The van der Waals surface area contributed by atoms with E-state index in [9.17, 15) is 4.79 Å². The van der Waals surface area contributed by atoms with Crippen LogP contribution in [0.15, 0.2) is 48.5 Å². The number of amides is 1. The zero-order valence-corrected chi connectivity index (χ0v) is 15.1. The molecule has 0 fully saturated rings. The van der Waals surface area contributed by atoms with Crippen molar-refractivity contribution in [1.82, 2.24) is 5.32 Å². The number of ether oxygens (including phenoxy) is 1. The first kappa shape index (κ1) is 19.0. The van der Waals surface area contributed by atoms with Crippen molar-refractivity contribution in [2.75, 3.05) is 12.4 Å². The molecule has 0 saturated carbocycles. The van der Waals surface area contributed by atoms with E-state index in [1.54, 1.807) is 23.9 Å². The lowest BCUT2D eigenvalue weighted by Crippen LogP contribution is -2.24. The van der Waals surface area contributed by atoms with Gasteiger partial charge in [-0.25, -0.2) is 0 Å². The van der Waals surface area contributed by atoms with Gasteiger partial charge in [-0.3, -0.25) is 4.79 Å². The first-order chi connectivity index (χ1) is 12.2. The quantitative estimate of drug-likeness (QED) is 0.747. The Balaban J connectivity index is 1.67. The first-order valence-electron chi connectivity index (χ1n) is 8.20. The van der Waals surface area contributed by atoms with Gasteiger partial charge in [0.2, 0.25) is 5.91 Å².